The molecule has 1 aromatic heterocycles. The lowest BCUT2D eigenvalue weighted by Crippen LogP contribution is -2.41. The van der Waals surface area contributed by atoms with E-state index in [1.165, 1.54) is 18.6 Å². The van der Waals surface area contributed by atoms with Gasteiger partial charge in [-0.15, -0.1) is 18.3 Å². The first-order chi connectivity index (χ1) is 11.9. The van der Waals surface area contributed by atoms with Crippen molar-refractivity contribution in [1.29, 1.82) is 0 Å². The monoisotopic (exact) mass is 367 g/mol. The molecule has 8 nitrogen and oxygen atoms in total. The van der Waals surface area contributed by atoms with E-state index in [0.29, 0.717) is 0 Å². The highest BCUT2D eigenvalue weighted by atomic mass is 32.2. The standard InChI is InChI=1S/C16H25N5O3S/c1-4-11-20(12-5-2)25(23,24)15-17-13-21(18-15)16(22)19(3)14-9-7-6-8-10-14/h4-5,13-14H,1-2,6-12H2,3H3. The minimum absolute atomic E-state index is 0.110. The van der Waals surface area contributed by atoms with E-state index in [9.17, 15) is 13.2 Å². The van der Waals surface area contributed by atoms with E-state index < -0.39 is 15.2 Å². The van der Waals surface area contributed by atoms with E-state index in [-0.39, 0.29) is 25.2 Å². The molecule has 25 heavy (non-hydrogen) atoms. The molecule has 1 fully saturated rings. The third-order valence-electron chi connectivity index (χ3n) is 4.33. The Hall–Kier alpha value is -2.00. The largest absolute Gasteiger partial charge is 0.346 e. The molecule has 1 saturated carbocycles. The van der Waals surface area contributed by atoms with Gasteiger partial charge in [0.1, 0.15) is 6.33 Å². The molecule has 1 aliphatic carbocycles. The van der Waals surface area contributed by atoms with Crippen molar-refractivity contribution in [1.82, 2.24) is 24.0 Å². The van der Waals surface area contributed by atoms with Gasteiger partial charge in [-0.3, -0.25) is 0 Å². The maximum Gasteiger partial charge on any atom is 0.346 e. The number of rotatable bonds is 7. The molecule has 138 valence electrons. The normalized spacial score (nSPS) is 15.9. The number of carbonyl (C=O) groups is 1. The van der Waals surface area contributed by atoms with Crippen LogP contribution in [0.4, 0.5) is 4.79 Å². The summed E-state index contributed by atoms with van der Waals surface area (Å²) in [6, 6.07) is -0.219. The molecule has 2 rings (SSSR count). The average molecular weight is 367 g/mol. The summed E-state index contributed by atoms with van der Waals surface area (Å²) >= 11 is 0. The summed E-state index contributed by atoms with van der Waals surface area (Å²) in [6.07, 6.45) is 9.37. The molecule has 0 spiro atoms. The van der Waals surface area contributed by atoms with Gasteiger partial charge in [-0.1, -0.05) is 31.4 Å². The van der Waals surface area contributed by atoms with Crippen LogP contribution in [0.2, 0.25) is 0 Å². The minimum atomic E-state index is -3.91. The van der Waals surface area contributed by atoms with Crippen molar-refractivity contribution in [3.63, 3.8) is 0 Å². The maximum absolute atomic E-state index is 12.6. The van der Waals surface area contributed by atoms with Crippen LogP contribution < -0.4 is 0 Å². The van der Waals surface area contributed by atoms with E-state index in [0.717, 1.165) is 41.0 Å². The minimum Gasteiger partial charge on any atom is -0.323 e. The van der Waals surface area contributed by atoms with E-state index in [1.54, 1.807) is 11.9 Å². The zero-order valence-electron chi connectivity index (χ0n) is 14.5. The maximum atomic E-state index is 12.6. The van der Waals surface area contributed by atoms with E-state index >= 15 is 0 Å². The summed E-state index contributed by atoms with van der Waals surface area (Å²) in [4.78, 5) is 18.0. The Kier molecular flexibility index (Phi) is 6.49. The average Bonchev–Trinajstić information content (AvgIpc) is 3.12. The van der Waals surface area contributed by atoms with E-state index in [4.69, 9.17) is 0 Å². The molecule has 0 bridgehead atoms. The molecule has 0 unspecified atom stereocenters. The van der Waals surface area contributed by atoms with Crippen LogP contribution in [0.25, 0.3) is 0 Å². The Balaban J connectivity index is 2.18. The van der Waals surface area contributed by atoms with Crippen molar-refractivity contribution >= 4 is 16.1 Å². The second kappa shape index (κ2) is 8.39. The first kappa shape index (κ1) is 19.3. The zero-order chi connectivity index (χ0) is 18.4. The van der Waals surface area contributed by atoms with Gasteiger partial charge in [0.25, 0.3) is 15.2 Å². The Morgan fingerprint density at radius 3 is 2.44 bits per heavy atom. The van der Waals surface area contributed by atoms with Crippen molar-refractivity contribution in [2.75, 3.05) is 20.1 Å². The molecule has 0 N–H and O–H groups in total. The Morgan fingerprint density at radius 1 is 1.28 bits per heavy atom. The van der Waals surface area contributed by atoms with Gasteiger partial charge in [0.2, 0.25) is 0 Å². The molecule has 1 aromatic rings. The number of carbonyl (C=O) groups excluding carboxylic acids is 1. The predicted octanol–water partition coefficient (Wildman–Crippen LogP) is 1.87. The second-order valence-electron chi connectivity index (χ2n) is 6.06. The quantitative estimate of drug-likeness (QED) is 0.687. The lowest BCUT2D eigenvalue weighted by molar-refractivity contribution is 0.172. The van der Waals surface area contributed by atoms with Gasteiger partial charge in [0.05, 0.1) is 0 Å². The van der Waals surface area contributed by atoms with Crippen LogP contribution in [0.15, 0.2) is 36.8 Å². The molecular weight excluding hydrogens is 342 g/mol. The summed E-state index contributed by atoms with van der Waals surface area (Å²) in [7, 11) is -2.19. The van der Waals surface area contributed by atoms with Crippen molar-refractivity contribution < 1.29 is 13.2 Å². The first-order valence-electron chi connectivity index (χ1n) is 8.32. The zero-order valence-corrected chi connectivity index (χ0v) is 15.4. The smallest absolute Gasteiger partial charge is 0.323 e. The highest BCUT2D eigenvalue weighted by Crippen LogP contribution is 2.22. The number of amides is 1. The first-order valence-corrected chi connectivity index (χ1v) is 9.76. The highest BCUT2D eigenvalue weighted by molar-refractivity contribution is 7.89. The number of aromatic nitrogens is 3. The van der Waals surface area contributed by atoms with Crippen molar-refractivity contribution in [2.24, 2.45) is 0 Å². The van der Waals surface area contributed by atoms with Gasteiger partial charge in [-0.05, 0) is 12.8 Å². The van der Waals surface area contributed by atoms with Gasteiger partial charge >= 0.3 is 6.03 Å². The van der Waals surface area contributed by atoms with Crippen LogP contribution in [-0.2, 0) is 10.0 Å². The van der Waals surface area contributed by atoms with Crippen molar-refractivity contribution in [2.45, 2.75) is 43.3 Å². The molecule has 0 aromatic carbocycles. The van der Waals surface area contributed by atoms with Crippen LogP contribution in [0.1, 0.15) is 32.1 Å². The number of hydrogen-bond donors (Lipinski definition) is 0. The Bertz CT molecular complexity index is 712. The fourth-order valence-electron chi connectivity index (χ4n) is 2.92. The topological polar surface area (TPSA) is 88.4 Å². The molecule has 0 radical (unpaired) electrons. The summed E-state index contributed by atoms with van der Waals surface area (Å²) in [6.45, 7) is 7.32. The molecule has 1 aliphatic rings. The number of hydrogen-bond acceptors (Lipinski definition) is 5. The lowest BCUT2D eigenvalue weighted by atomic mass is 9.95. The number of nitrogens with zero attached hydrogens (tertiary/aromatic N) is 5. The van der Waals surface area contributed by atoms with E-state index in [2.05, 4.69) is 23.2 Å². The summed E-state index contributed by atoms with van der Waals surface area (Å²) in [5, 5.41) is 3.50. The van der Waals surface area contributed by atoms with Crippen LogP contribution in [0, 0.1) is 0 Å². The third-order valence-corrected chi connectivity index (χ3v) is 5.95. The third kappa shape index (κ3) is 4.35. The lowest BCUT2D eigenvalue weighted by Gasteiger charge is -2.30. The van der Waals surface area contributed by atoms with Crippen molar-refractivity contribution in [3.05, 3.63) is 31.6 Å². The van der Waals surface area contributed by atoms with Gasteiger partial charge < -0.3 is 4.90 Å². The van der Waals surface area contributed by atoms with Crippen LogP contribution in [0.5, 0.6) is 0 Å². The molecular formula is C16H25N5O3S. The molecule has 0 saturated heterocycles. The molecule has 1 amide bonds. The fraction of sp³-hybridized carbons (Fsp3) is 0.562. The van der Waals surface area contributed by atoms with Crippen LogP contribution in [-0.4, -0.2) is 64.6 Å². The fourth-order valence-corrected chi connectivity index (χ4v) is 4.12. The SMILES string of the molecule is C=CCN(CC=C)S(=O)(=O)c1ncn(C(=O)N(C)C2CCCCC2)n1. The van der Waals surface area contributed by atoms with Gasteiger partial charge in [-0.2, -0.15) is 8.99 Å². The molecule has 1 heterocycles. The van der Waals surface area contributed by atoms with Crippen LogP contribution in [0.3, 0.4) is 0 Å². The van der Waals surface area contributed by atoms with Crippen LogP contribution >= 0.6 is 0 Å². The van der Waals surface area contributed by atoms with Gasteiger partial charge in [-0.25, -0.2) is 18.2 Å². The highest BCUT2D eigenvalue weighted by Gasteiger charge is 2.29. The second-order valence-corrected chi connectivity index (χ2v) is 7.89. The Labute approximate surface area is 148 Å². The number of sulfonamides is 1. The molecule has 9 heteroatoms. The molecule has 0 atom stereocenters. The predicted molar refractivity (Wildman–Crippen MR) is 94.6 cm³/mol. The van der Waals surface area contributed by atoms with E-state index in [1.807, 2.05) is 0 Å². The van der Waals surface area contributed by atoms with Gasteiger partial charge in [0, 0.05) is 26.2 Å². The summed E-state index contributed by atoms with van der Waals surface area (Å²) in [5.41, 5.74) is 0. The summed E-state index contributed by atoms with van der Waals surface area (Å²) in [5.74, 6) is 0. The molecule has 0 aliphatic heterocycles. The van der Waals surface area contributed by atoms with Crippen molar-refractivity contribution in [3.8, 4) is 0 Å². The summed E-state index contributed by atoms with van der Waals surface area (Å²) < 4.78 is 27.3. The van der Waals surface area contributed by atoms with Gasteiger partial charge in [0.15, 0.2) is 0 Å². The Morgan fingerprint density at radius 2 is 1.88 bits per heavy atom.